The molecule has 3 aromatic carbocycles. The monoisotopic (exact) mass is 425 g/mol. The second kappa shape index (κ2) is 8.19. The molecule has 0 fully saturated rings. The molecule has 0 amide bonds. The summed E-state index contributed by atoms with van der Waals surface area (Å²) in [4.78, 5) is 17.5. The molecule has 0 saturated heterocycles. The fraction of sp³-hybridized carbons (Fsp3) is 0.0435. The zero-order valence-electron chi connectivity index (χ0n) is 15.0. The number of aromatic nitrogens is 1. The number of fused-ring (bicyclic) bond motifs is 1. The van der Waals surface area contributed by atoms with Crippen molar-refractivity contribution in [1.82, 2.24) is 4.98 Å². The van der Waals surface area contributed by atoms with E-state index < -0.39 is 5.97 Å². The molecule has 0 aliphatic rings. The number of esters is 1. The summed E-state index contributed by atoms with van der Waals surface area (Å²) in [6.45, 7) is 0.0113. The fourth-order valence-corrected chi connectivity index (χ4v) is 3.44. The predicted octanol–water partition coefficient (Wildman–Crippen LogP) is 6.70. The van der Waals surface area contributed by atoms with E-state index in [1.165, 1.54) is 12.1 Å². The average molecular weight is 426 g/mol. The number of carbonyl (C=O) groups excluding carboxylic acids is 1. The van der Waals surface area contributed by atoms with Crippen LogP contribution in [0.25, 0.3) is 22.2 Å². The van der Waals surface area contributed by atoms with E-state index in [4.69, 9.17) is 27.9 Å². The van der Waals surface area contributed by atoms with Crippen molar-refractivity contribution in [3.8, 4) is 11.3 Å². The Morgan fingerprint density at radius 1 is 0.966 bits per heavy atom. The number of benzene rings is 3. The van der Waals surface area contributed by atoms with E-state index in [0.29, 0.717) is 43.3 Å². The van der Waals surface area contributed by atoms with Gasteiger partial charge in [-0.1, -0.05) is 47.5 Å². The summed E-state index contributed by atoms with van der Waals surface area (Å²) in [6, 6.07) is 19.9. The van der Waals surface area contributed by atoms with Crippen molar-refractivity contribution >= 4 is 40.1 Å². The lowest BCUT2D eigenvalue weighted by Gasteiger charge is -2.11. The smallest absolute Gasteiger partial charge is 0.339 e. The third kappa shape index (κ3) is 4.24. The van der Waals surface area contributed by atoms with Crippen LogP contribution in [-0.2, 0) is 11.3 Å². The summed E-state index contributed by atoms with van der Waals surface area (Å²) in [5, 5.41) is 1.61. The second-order valence-electron chi connectivity index (χ2n) is 6.39. The van der Waals surface area contributed by atoms with Crippen LogP contribution in [0.3, 0.4) is 0 Å². The molecule has 3 nitrogen and oxygen atoms in total. The Morgan fingerprint density at radius 3 is 2.48 bits per heavy atom. The molecule has 0 N–H and O–H groups in total. The molecule has 0 radical (unpaired) electrons. The van der Waals surface area contributed by atoms with Crippen LogP contribution in [0.2, 0.25) is 10.0 Å². The largest absolute Gasteiger partial charge is 0.457 e. The molecule has 0 unspecified atom stereocenters. The van der Waals surface area contributed by atoms with E-state index in [-0.39, 0.29) is 12.4 Å². The number of hydrogen-bond acceptors (Lipinski definition) is 3. The molecular weight excluding hydrogens is 412 g/mol. The topological polar surface area (TPSA) is 39.2 Å². The fourth-order valence-electron chi connectivity index (χ4n) is 2.97. The van der Waals surface area contributed by atoms with Crippen LogP contribution in [0.5, 0.6) is 0 Å². The first-order chi connectivity index (χ1) is 14.0. The molecular formula is C23H14Cl2FNO2. The zero-order valence-corrected chi connectivity index (χ0v) is 16.5. The molecule has 4 aromatic rings. The van der Waals surface area contributed by atoms with Crippen LogP contribution in [0.15, 0.2) is 72.8 Å². The SMILES string of the molecule is O=C(OCc1ccc(Cl)cc1Cl)c1cc(-c2ccc(F)cc2)nc2ccccc12. The Labute approximate surface area is 176 Å². The molecule has 0 atom stereocenters. The molecule has 1 aromatic heterocycles. The second-order valence-corrected chi connectivity index (χ2v) is 7.23. The van der Waals surface area contributed by atoms with Gasteiger partial charge < -0.3 is 4.74 Å². The lowest BCUT2D eigenvalue weighted by atomic mass is 10.0. The van der Waals surface area contributed by atoms with Crippen molar-refractivity contribution < 1.29 is 13.9 Å². The average Bonchev–Trinajstić information content (AvgIpc) is 2.72. The van der Waals surface area contributed by atoms with Gasteiger partial charge in [-0.3, -0.25) is 0 Å². The van der Waals surface area contributed by atoms with Gasteiger partial charge in [-0.25, -0.2) is 14.2 Å². The number of carbonyl (C=O) groups is 1. The van der Waals surface area contributed by atoms with Gasteiger partial charge in [-0.15, -0.1) is 0 Å². The number of pyridine rings is 1. The summed E-state index contributed by atoms with van der Waals surface area (Å²) < 4.78 is 18.8. The van der Waals surface area contributed by atoms with Gasteiger partial charge in [0.2, 0.25) is 0 Å². The highest BCUT2D eigenvalue weighted by atomic mass is 35.5. The van der Waals surface area contributed by atoms with Crippen molar-refractivity contribution in [2.24, 2.45) is 0 Å². The molecule has 0 aliphatic carbocycles. The Hall–Kier alpha value is -2.95. The van der Waals surface area contributed by atoms with Crippen LogP contribution < -0.4 is 0 Å². The zero-order chi connectivity index (χ0) is 20.4. The van der Waals surface area contributed by atoms with Gasteiger partial charge in [0.1, 0.15) is 12.4 Å². The molecule has 29 heavy (non-hydrogen) atoms. The maximum absolute atomic E-state index is 13.3. The quantitative estimate of drug-likeness (QED) is 0.341. The standard InChI is InChI=1S/C23H14Cl2FNO2/c24-16-8-5-15(20(25)11-16)13-29-23(28)19-12-22(14-6-9-17(26)10-7-14)27-21-4-2-1-3-18(19)21/h1-12H,13H2. The summed E-state index contributed by atoms with van der Waals surface area (Å²) in [5.41, 5.74) is 2.93. The minimum absolute atomic E-state index is 0.0113. The number of rotatable bonds is 4. The number of halogens is 3. The first kappa shape index (κ1) is 19.4. The molecule has 144 valence electrons. The number of hydrogen-bond donors (Lipinski definition) is 0. The highest BCUT2D eigenvalue weighted by molar-refractivity contribution is 6.35. The van der Waals surface area contributed by atoms with Gasteiger partial charge >= 0.3 is 5.97 Å². The first-order valence-electron chi connectivity index (χ1n) is 8.78. The van der Waals surface area contributed by atoms with Crippen molar-refractivity contribution in [3.05, 3.63) is 99.8 Å². The summed E-state index contributed by atoms with van der Waals surface area (Å²) in [7, 11) is 0. The van der Waals surface area contributed by atoms with E-state index >= 15 is 0 Å². The van der Waals surface area contributed by atoms with Crippen molar-refractivity contribution in [2.75, 3.05) is 0 Å². The maximum atomic E-state index is 13.3. The Morgan fingerprint density at radius 2 is 1.72 bits per heavy atom. The van der Waals surface area contributed by atoms with Gasteiger partial charge in [-0.2, -0.15) is 0 Å². The summed E-state index contributed by atoms with van der Waals surface area (Å²) in [5.74, 6) is -0.841. The lowest BCUT2D eigenvalue weighted by Crippen LogP contribution is -2.07. The predicted molar refractivity (Wildman–Crippen MR) is 113 cm³/mol. The van der Waals surface area contributed by atoms with E-state index in [1.807, 2.05) is 24.3 Å². The van der Waals surface area contributed by atoms with Crippen LogP contribution >= 0.6 is 23.2 Å². The van der Waals surface area contributed by atoms with Gasteiger partial charge in [0.15, 0.2) is 0 Å². The van der Waals surface area contributed by atoms with E-state index in [9.17, 15) is 9.18 Å². The molecule has 0 bridgehead atoms. The molecule has 0 aliphatic heterocycles. The van der Waals surface area contributed by atoms with Crippen LogP contribution in [0.1, 0.15) is 15.9 Å². The Bertz CT molecular complexity index is 1210. The van der Waals surface area contributed by atoms with Crippen molar-refractivity contribution in [1.29, 1.82) is 0 Å². The number of nitrogens with zero attached hydrogens (tertiary/aromatic N) is 1. The van der Waals surface area contributed by atoms with Crippen LogP contribution in [0, 0.1) is 5.82 Å². The Balaban J connectivity index is 1.69. The Kier molecular flexibility index (Phi) is 5.47. The van der Waals surface area contributed by atoms with Crippen LogP contribution in [-0.4, -0.2) is 11.0 Å². The van der Waals surface area contributed by atoms with Gasteiger partial charge in [0, 0.05) is 26.6 Å². The van der Waals surface area contributed by atoms with Gasteiger partial charge in [0.25, 0.3) is 0 Å². The minimum atomic E-state index is -0.502. The van der Waals surface area contributed by atoms with Gasteiger partial charge in [-0.05, 0) is 48.5 Å². The molecule has 1 heterocycles. The van der Waals surface area contributed by atoms with E-state index in [0.717, 1.165) is 0 Å². The van der Waals surface area contributed by atoms with E-state index in [1.54, 1.807) is 36.4 Å². The number of ether oxygens (including phenoxy) is 1. The first-order valence-corrected chi connectivity index (χ1v) is 9.53. The molecule has 4 rings (SSSR count). The normalized spacial score (nSPS) is 10.9. The molecule has 0 saturated carbocycles. The van der Waals surface area contributed by atoms with E-state index in [2.05, 4.69) is 4.98 Å². The lowest BCUT2D eigenvalue weighted by molar-refractivity contribution is 0.0475. The minimum Gasteiger partial charge on any atom is -0.457 e. The third-order valence-electron chi connectivity index (χ3n) is 4.45. The molecule has 6 heteroatoms. The highest BCUT2D eigenvalue weighted by Gasteiger charge is 2.16. The van der Waals surface area contributed by atoms with Crippen molar-refractivity contribution in [2.45, 2.75) is 6.61 Å². The summed E-state index contributed by atoms with van der Waals surface area (Å²) in [6.07, 6.45) is 0. The highest BCUT2D eigenvalue weighted by Crippen LogP contribution is 2.27. The molecule has 0 spiro atoms. The van der Waals surface area contributed by atoms with Gasteiger partial charge in [0.05, 0.1) is 16.8 Å². The third-order valence-corrected chi connectivity index (χ3v) is 5.04. The summed E-state index contributed by atoms with van der Waals surface area (Å²) >= 11 is 12.1. The maximum Gasteiger partial charge on any atom is 0.339 e. The number of para-hydroxylation sites is 1. The van der Waals surface area contributed by atoms with Crippen molar-refractivity contribution in [3.63, 3.8) is 0 Å². The van der Waals surface area contributed by atoms with Crippen LogP contribution in [0.4, 0.5) is 4.39 Å².